The molecule has 5 rings (SSSR count). The molecule has 0 spiro atoms. The number of hydrogen-bond donors (Lipinski definition) is 0. The first-order valence-corrected chi connectivity index (χ1v) is 10.2. The van der Waals surface area contributed by atoms with E-state index in [4.69, 9.17) is 0 Å². The Bertz CT molecular complexity index is 1360. The first-order chi connectivity index (χ1) is 14.5. The van der Waals surface area contributed by atoms with E-state index in [9.17, 15) is 9.59 Å². The maximum Gasteiger partial charge on any atom is 0.261 e. The van der Waals surface area contributed by atoms with E-state index < -0.39 is 0 Å². The van der Waals surface area contributed by atoms with E-state index >= 15 is 0 Å². The molecule has 0 atom stereocenters. The van der Waals surface area contributed by atoms with Gasteiger partial charge >= 0.3 is 0 Å². The topological polar surface area (TPSA) is 66.4 Å². The van der Waals surface area contributed by atoms with Crippen molar-refractivity contribution in [3.63, 3.8) is 0 Å². The molecule has 0 bridgehead atoms. The highest BCUT2D eigenvalue weighted by Gasteiger charge is 2.33. The lowest BCUT2D eigenvalue weighted by molar-refractivity contribution is 0.0608. The van der Waals surface area contributed by atoms with Gasteiger partial charge in [-0.2, -0.15) is 0 Å². The van der Waals surface area contributed by atoms with Gasteiger partial charge in [-0.3, -0.25) is 14.5 Å². The van der Waals surface area contributed by atoms with Gasteiger partial charge in [-0.15, -0.1) is 10.2 Å². The van der Waals surface area contributed by atoms with E-state index in [1.807, 2.05) is 62.3 Å². The van der Waals surface area contributed by atoms with Crippen molar-refractivity contribution in [2.24, 2.45) is 0 Å². The van der Waals surface area contributed by atoms with E-state index in [0.717, 1.165) is 40.2 Å². The molecule has 0 radical (unpaired) electrons. The van der Waals surface area contributed by atoms with Crippen LogP contribution in [0.5, 0.6) is 0 Å². The summed E-state index contributed by atoms with van der Waals surface area (Å²) < 4.78 is 0. The Kier molecular flexibility index (Phi) is 4.17. The van der Waals surface area contributed by atoms with Gasteiger partial charge in [0.1, 0.15) is 11.0 Å². The second-order valence-electron chi connectivity index (χ2n) is 7.93. The van der Waals surface area contributed by atoms with Crippen molar-refractivity contribution in [3.05, 3.63) is 53.6 Å². The highest BCUT2D eigenvalue weighted by atomic mass is 16.2. The third-order valence-corrected chi connectivity index (χ3v) is 5.86. The molecule has 0 fully saturated rings. The molecule has 0 unspecified atom stereocenters. The van der Waals surface area contributed by atoms with E-state index in [1.54, 1.807) is 6.07 Å². The first-order valence-electron chi connectivity index (χ1n) is 10.2. The minimum Gasteiger partial charge on any atom is -0.376 e. The fourth-order valence-electron chi connectivity index (χ4n) is 4.35. The molecule has 2 heterocycles. The standard InChI is InChI=1S/C24H22N4O2/c1-4-5-12-28-23(29)16-10-6-9-15-20(16)18(24(28)30)13-17-14-8-7-11-19(27(2)3)22(14)26-25-21(15)17/h6-11,13H,4-5,12H2,1-3H3. The van der Waals surface area contributed by atoms with Crippen LogP contribution in [0.15, 0.2) is 42.5 Å². The summed E-state index contributed by atoms with van der Waals surface area (Å²) in [6.07, 6.45) is 1.70. The predicted molar refractivity (Wildman–Crippen MR) is 119 cm³/mol. The van der Waals surface area contributed by atoms with Crippen LogP contribution >= 0.6 is 0 Å². The Morgan fingerprint density at radius 3 is 2.33 bits per heavy atom. The molecule has 0 saturated carbocycles. The highest BCUT2D eigenvalue weighted by molar-refractivity contribution is 6.30. The molecule has 0 aliphatic carbocycles. The van der Waals surface area contributed by atoms with Gasteiger partial charge in [-0.1, -0.05) is 37.6 Å². The van der Waals surface area contributed by atoms with Crippen LogP contribution < -0.4 is 4.90 Å². The molecule has 3 aromatic carbocycles. The number of benzene rings is 3. The molecule has 1 aromatic heterocycles. The fourth-order valence-corrected chi connectivity index (χ4v) is 4.35. The molecule has 2 amide bonds. The first kappa shape index (κ1) is 18.5. The highest BCUT2D eigenvalue weighted by Crippen LogP contribution is 2.37. The zero-order valence-electron chi connectivity index (χ0n) is 17.3. The van der Waals surface area contributed by atoms with Crippen molar-refractivity contribution in [3.8, 4) is 0 Å². The zero-order valence-corrected chi connectivity index (χ0v) is 17.3. The number of carbonyl (C=O) groups is 2. The number of anilines is 1. The van der Waals surface area contributed by atoms with Gasteiger partial charge in [0.2, 0.25) is 0 Å². The number of hydrogen-bond acceptors (Lipinski definition) is 5. The van der Waals surface area contributed by atoms with Gasteiger partial charge in [0.05, 0.1) is 5.69 Å². The molecule has 6 heteroatoms. The maximum absolute atomic E-state index is 13.3. The zero-order chi connectivity index (χ0) is 21.0. The van der Waals surface area contributed by atoms with Gasteiger partial charge in [-0.25, -0.2) is 0 Å². The monoisotopic (exact) mass is 398 g/mol. The van der Waals surface area contributed by atoms with Crippen LogP contribution in [-0.4, -0.2) is 47.6 Å². The van der Waals surface area contributed by atoms with E-state index in [-0.39, 0.29) is 11.8 Å². The quantitative estimate of drug-likeness (QED) is 0.377. The Morgan fingerprint density at radius 2 is 1.57 bits per heavy atom. The molecule has 1 aliphatic heterocycles. The second-order valence-corrected chi connectivity index (χ2v) is 7.93. The van der Waals surface area contributed by atoms with Crippen molar-refractivity contribution in [1.82, 2.24) is 15.1 Å². The van der Waals surface area contributed by atoms with Crippen molar-refractivity contribution < 1.29 is 9.59 Å². The summed E-state index contributed by atoms with van der Waals surface area (Å²) in [6, 6.07) is 13.5. The van der Waals surface area contributed by atoms with Gasteiger partial charge in [-0.05, 0) is 24.6 Å². The van der Waals surface area contributed by atoms with E-state index in [1.165, 1.54) is 4.90 Å². The summed E-state index contributed by atoms with van der Waals surface area (Å²) >= 11 is 0. The molecule has 4 aromatic rings. The normalized spacial score (nSPS) is 13.6. The summed E-state index contributed by atoms with van der Waals surface area (Å²) in [5.41, 5.74) is 3.59. The lowest BCUT2D eigenvalue weighted by Gasteiger charge is -2.27. The number of carbonyl (C=O) groups excluding carboxylic acids is 2. The van der Waals surface area contributed by atoms with Gasteiger partial charge in [0.15, 0.2) is 0 Å². The fraction of sp³-hybridized carbons (Fsp3) is 0.250. The lowest BCUT2D eigenvalue weighted by atomic mass is 9.91. The molecular weight excluding hydrogens is 376 g/mol. The van der Waals surface area contributed by atoms with Crippen LogP contribution in [0.3, 0.4) is 0 Å². The number of nitrogens with zero attached hydrogens (tertiary/aromatic N) is 4. The molecule has 0 N–H and O–H groups in total. The number of amides is 2. The van der Waals surface area contributed by atoms with Gasteiger partial charge in [0, 0.05) is 53.3 Å². The van der Waals surface area contributed by atoms with Gasteiger partial charge in [0.25, 0.3) is 11.8 Å². The maximum atomic E-state index is 13.3. The Morgan fingerprint density at radius 1 is 0.867 bits per heavy atom. The largest absolute Gasteiger partial charge is 0.376 e. The molecule has 0 saturated heterocycles. The average molecular weight is 398 g/mol. The molecule has 150 valence electrons. The van der Waals surface area contributed by atoms with Crippen molar-refractivity contribution in [2.45, 2.75) is 19.8 Å². The van der Waals surface area contributed by atoms with Crippen molar-refractivity contribution in [1.29, 1.82) is 0 Å². The Hall–Kier alpha value is -3.54. The second kappa shape index (κ2) is 6.76. The molecule has 6 nitrogen and oxygen atoms in total. The number of imide groups is 1. The summed E-state index contributed by atoms with van der Waals surface area (Å²) in [5.74, 6) is -0.456. The third kappa shape index (κ3) is 2.49. The average Bonchev–Trinajstić information content (AvgIpc) is 2.76. The predicted octanol–water partition coefficient (Wildman–Crippen LogP) is 4.40. The molecular formula is C24H22N4O2. The SMILES string of the molecule is CCCCN1C(=O)c2cccc3c2c(cc2c4cccc(N(C)C)c4nnc32)C1=O. The minimum atomic E-state index is -0.229. The molecule has 30 heavy (non-hydrogen) atoms. The lowest BCUT2D eigenvalue weighted by Crippen LogP contribution is -2.40. The number of aromatic nitrogens is 2. The summed E-state index contributed by atoms with van der Waals surface area (Å²) in [6.45, 7) is 2.48. The Balaban J connectivity index is 1.88. The van der Waals surface area contributed by atoms with Crippen LogP contribution in [0, 0.1) is 0 Å². The smallest absolute Gasteiger partial charge is 0.261 e. The van der Waals surface area contributed by atoms with Crippen LogP contribution in [0.2, 0.25) is 0 Å². The third-order valence-electron chi connectivity index (χ3n) is 5.86. The summed E-state index contributed by atoms with van der Waals surface area (Å²) in [5, 5.41) is 12.3. The van der Waals surface area contributed by atoms with Crippen LogP contribution in [0.1, 0.15) is 40.5 Å². The van der Waals surface area contributed by atoms with E-state index in [2.05, 4.69) is 10.2 Å². The van der Waals surface area contributed by atoms with E-state index in [0.29, 0.717) is 28.6 Å². The van der Waals surface area contributed by atoms with Gasteiger partial charge < -0.3 is 4.90 Å². The number of fused-ring (bicyclic) bond motifs is 4. The number of rotatable bonds is 4. The van der Waals surface area contributed by atoms with Crippen LogP contribution in [-0.2, 0) is 0 Å². The number of unbranched alkanes of at least 4 members (excludes halogenated alkanes) is 1. The summed E-state index contributed by atoms with van der Waals surface area (Å²) in [4.78, 5) is 29.8. The Labute approximate surface area is 174 Å². The summed E-state index contributed by atoms with van der Waals surface area (Å²) in [7, 11) is 3.94. The molecule has 1 aliphatic rings. The minimum absolute atomic E-state index is 0.227. The van der Waals surface area contributed by atoms with Crippen LogP contribution in [0.25, 0.3) is 32.6 Å². The van der Waals surface area contributed by atoms with Crippen LogP contribution in [0.4, 0.5) is 5.69 Å². The van der Waals surface area contributed by atoms with Crippen molar-refractivity contribution in [2.75, 3.05) is 25.5 Å². The van der Waals surface area contributed by atoms with Crippen molar-refractivity contribution >= 4 is 50.1 Å².